The molecule has 0 amide bonds. The van der Waals surface area contributed by atoms with E-state index in [1.165, 1.54) is 6.07 Å². The fraction of sp³-hybridized carbons (Fsp3) is 0.308. The molecule has 0 unspecified atom stereocenters. The lowest BCUT2D eigenvalue weighted by atomic mass is 10.2. The van der Waals surface area contributed by atoms with Gasteiger partial charge in [0, 0.05) is 11.8 Å². The number of halogens is 2. The molecule has 0 radical (unpaired) electrons. The van der Waals surface area contributed by atoms with Gasteiger partial charge >= 0.3 is 0 Å². The number of benzene rings is 1. The highest BCUT2D eigenvalue weighted by molar-refractivity contribution is 5.35. The molecule has 0 saturated heterocycles. The molecule has 0 aliphatic heterocycles. The summed E-state index contributed by atoms with van der Waals surface area (Å²) in [6.07, 6.45) is 2.61. The lowest BCUT2D eigenvalue weighted by Gasteiger charge is -2.06. The van der Waals surface area contributed by atoms with Gasteiger partial charge in [0.15, 0.2) is 11.6 Å². The SMILES string of the molecule is CNCCc1cnn(-c2ccc(F)c(F)c2)c1C. The van der Waals surface area contributed by atoms with Crippen LogP contribution in [0.2, 0.25) is 0 Å². The van der Waals surface area contributed by atoms with Crippen molar-refractivity contribution in [2.45, 2.75) is 13.3 Å². The molecule has 0 fully saturated rings. The van der Waals surface area contributed by atoms with Crippen molar-refractivity contribution in [1.82, 2.24) is 15.1 Å². The molecule has 18 heavy (non-hydrogen) atoms. The smallest absolute Gasteiger partial charge is 0.160 e. The van der Waals surface area contributed by atoms with E-state index < -0.39 is 11.6 Å². The molecule has 0 atom stereocenters. The molecule has 1 heterocycles. The third kappa shape index (κ3) is 2.41. The van der Waals surface area contributed by atoms with Crippen molar-refractivity contribution in [2.24, 2.45) is 0 Å². The van der Waals surface area contributed by atoms with Crippen molar-refractivity contribution in [3.63, 3.8) is 0 Å². The van der Waals surface area contributed by atoms with E-state index in [0.29, 0.717) is 5.69 Å². The summed E-state index contributed by atoms with van der Waals surface area (Å²) in [5.41, 5.74) is 2.56. The molecule has 0 aliphatic rings. The van der Waals surface area contributed by atoms with Gasteiger partial charge in [-0.1, -0.05) is 0 Å². The van der Waals surface area contributed by atoms with Gasteiger partial charge in [-0.05, 0) is 44.6 Å². The predicted octanol–water partition coefficient (Wildman–Crippen LogP) is 2.22. The number of nitrogens with zero attached hydrogens (tertiary/aromatic N) is 2. The Balaban J connectivity index is 2.33. The quantitative estimate of drug-likeness (QED) is 0.903. The lowest BCUT2D eigenvalue weighted by molar-refractivity contribution is 0.507. The Hall–Kier alpha value is -1.75. The molecular formula is C13H15F2N3. The van der Waals surface area contributed by atoms with Crippen molar-refractivity contribution < 1.29 is 8.78 Å². The van der Waals surface area contributed by atoms with Crippen LogP contribution in [0.15, 0.2) is 24.4 Å². The highest BCUT2D eigenvalue weighted by atomic mass is 19.2. The van der Waals surface area contributed by atoms with Crippen LogP contribution < -0.4 is 5.32 Å². The van der Waals surface area contributed by atoms with Crippen LogP contribution >= 0.6 is 0 Å². The van der Waals surface area contributed by atoms with Gasteiger partial charge in [-0.15, -0.1) is 0 Å². The van der Waals surface area contributed by atoms with E-state index in [1.54, 1.807) is 10.9 Å². The Kier molecular flexibility index (Phi) is 3.72. The number of hydrogen-bond donors (Lipinski definition) is 1. The molecule has 0 saturated carbocycles. The molecule has 1 N–H and O–H groups in total. The van der Waals surface area contributed by atoms with Crippen LogP contribution in [0.1, 0.15) is 11.3 Å². The van der Waals surface area contributed by atoms with E-state index in [9.17, 15) is 8.78 Å². The van der Waals surface area contributed by atoms with E-state index in [0.717, 1.165) is 36.4 Å². The minimum Gasteiger partial charge on any atom is -0.319 e. The average molecular weight is 251 g/mol. The standard InChI is InChI=1S/C13H15F2N3/c1-9-10(5-6-16-2)8-17-18(9)11-3-4-12(14)13(15)7-11/h3-4,7-8,16H,5-6H2,1-2H3. The van der Waals surface area contributed by atoms with E-state index in [4.69, 9.17) is 0 Å². The first-order valence-corrected chi connectivity index (χ1v) is 5.77. The lowest BCUT2D eigenvalue weighted by Crippen LogP contribution is -2.10. The van der Waals surface area contributed by atoms with Gasteiger partial charge in [0.25, 0.3) is 0 Å². The third-order valence-electron chi connectivity index (χ3n) is 2.90. The van der Waals surface area contributed by atoms with Gasteiger partial charge in [0.1, 0.15) is 0 Å². The van der Waals surface area contributed by atoms with Crippen LogP contribution in [-0.2, 0) is 6.42 Å². The molecule has 3 nitrogen and oxygen atoms in total. The summed E-state index contributed by atoms with van der Waals surface area (Å²) in [4.78, 5) is 0. The zero-order valence-electron chi connectivity index (χ0n) is 10.4. The Labute approximate surface area is 104 Å². The zero-order valence-corrected chi connectivity index (χ0v) is 10.4. The fourth-order valence-corrected chi connectivity index (χ4v) is 1.83. The number of nitrogens with one attached hydrogen (secondary N) is 1. The van der Waals surface area contributed by atoms with Gasteiger partial charge in [-0.3, -0.25) is 0 Å². The molecule has 1 aromatic heterocycles. The predicted molar refractivity (Wildman–Crippen MR) is 65.8 cm³/mol. The molecular weight excluding hydrogens is 236 g/mol. The van der Waals surface area contributed by atoms with Crippen molar-refractivity contribution in [1.29, 1.82) is 0 Å². The second-order valence-electron chi connectivity index (χ2n) is 4.12. The maximum absolute atomic E-state index is 13.2. The van der Waals surface area contributed by atoms with Crippen molar-refractivity contribution in [3.8, 4) is 5.69 Å². The van der Waals surface area contributed by atoms with Gasteiger partial charge in [0.2, 0.25) is 0 Å². The highest BCUT2D eigenvalue weighted by Gasteiger charge is 2.10. The Morgan fingerprint density at radius 3 is 2.72 bits per heavy atom. The summed E-state index contributed by atoms with van der Waals surface area (Å²) in [6.45, 7) is 2.77. The first-order valence-electron chi connectivity index (χ1n) is 5.77. The number of likely N-dealkylation sites (N-methyl/N-ethyl adjacent to an activating group) is 1. The van der Waals surface area contributed by atoms with Gasteiger partial charge in [0.05, 0.1) is 11.9 Å². The Bertz CT molecular complexity index is 549. The van der Waals surface area contributed by atoms with Crippen molar-refractivity contribution in [2.75, 3.05) is 13.6 Å². The minimum absolute atomic E-state index is 0.530. The van der Waals surface area contributed by atoms with Crippen molar-refractivity contribution in [3.05, 3.63) is 47.3 Å². The average Bonchev–Trinajstić information content (AvgIpc) is 2.72. The van der Waals surface area contributed by atoms with E-state index in [2.05, 4.69) is 10.4 Å². The molecule has 2 aromatic rings. The van der Waals surface area contributed by atoms with Gasteiger partial charge in [-0.2, -0.15) is 5.10 Å². The molecule has 0 bridgehead atoms. The van der Waals surface area contributed by atoms with Crippen LogP contribution in [0.5, 0.6) is 0 Å². The molecule has 5 heteroatoms. The van der Waals surface area contributed by atoms with Crippen LogP contribution in [0.25, 0.3) is 5.69 Å². The van der Waals surface area contributed by atoms with E-state index in [-0.39, 0.29) is 0 Å². The largest absolute Gasteiger partial charge is 0.319 e. The van der Waals surface area contributed by atoms with Crippen LogP contribution in [0, 0.1) is 18.6 Å². The molecule has 1 aromatic carbocycles. The van der Waals surface area contributed by atoms with Gasteiger partial charge < -0.3 is 5.32 Å². The number of hydrogen-bond acceptors (Lipinski definition) is 2. The molecule has 0 spiro atoms. The first-order chi connectivity index (χ1) is 8.63. The minimum atomic E-state index is -0.862. The Morgan fingerprint density at radius 2 is 2.06 bits per heavy atom. The summed E-state index contributed by atoms with van der Waals surface area (Å²) in [5, 5.41) is 7.27. The summed E-state index contributed by atoms with van der Waals surface area (Å²) in [6, 6.07) is 3.77. The maximum Gasteiger partial charge on any atom is 0.160 e. The molecule has 2 rings (SSSR count). The molecule has 0 aliphatic carbocycles. The second-order valence-corrected chi connectivity index (χ2v) is 4.12. The summed E-state index contributed by atoms with van der Waals surface area (Å²) < 4.78 is 27.7. The fourth-order valence-electron chi connectivity index (χ4n) is 1.83. The normalized spacial score (nSPS) is 10.9. The maximum atomic E-state index is 13.2. The topological polar surface area (TPSA) is 29.9 Å². The number of rotatable bonds is 4. The van der Waals surface area contributed by atoms with Crippen LogP contribution in [0.3, 0.4) is 0 Å². The van der Waals surface area contributed by atoms with Crippen molar-refractivity contribution >= 4 is 0 Å². The second kappa shape index (κ2) is 5.27. The zero-order chi connectivity index (χ0) is 13.1. The highest BCUT2D eigenvalue weighted by Crippen LogP contribution is 2.16. The first kappa shape index (κ1) is 12.7. The third-order valence-corrected chi connectivity index (χ3v) is 2.90. The van der Waals surface area contributed by atoms with Gasteiger partial charge in [-0.25, -0.2) is 13.5 Å². The Morgan fingerprint density at radius 1 is 1.28 bits per heavy atom. The van der Waals surface area contributed by atoms with E-state index >= 15 is 0 Å². The summed E-state index contributed by atoms with van der Waals surface area (Å²) in [5.74, 6) is -1.71. The number of aromatic nitrogens is 2. The molecule has 96 valence electrons. The van der Waals surface area contributed by atoms with Crippen LogP contribution in [-0.4, -0.2) is 23.4 Å². The summed E-state index contributed by atoms with van der Waals surface area (Å²) in [7, 11) is 1.88. The summed E-state index contributed by atoms with van der Waals surface area (Å²) >= 11 is 0. The monoisotopic (exact) mass is 251 g/mol. The van der Waals surface area contributed by atoms with E-state index in [1.807, 2.05) is 14.0 Å². The van der Waals surface area contributed by atoms with Crippen LogP contribution in [0.4, 0.5) is 8.78 Å².